The minimum absolute atomic E-state index is 0.125. The van der Waals surface area contributed by atoms with Gasteiger partial charge in [-0.05, 0) is 25.0 Å². The van der Waals surface area contributed by atoms with Crippen LogP contribution in [0.5, 0.6) is 5.75 Å². The number of carbonyl (C=O) groups excluding carboxylic acids is 1. The number of nitrogens with one attached hydrogen (secondary N) is 2. The van der Waals surface area contributed by atoms with Crippen molar-refractivity contribution < 1.29 is 9.53 Å². The number of hydrogen-bond donors (Lipinski definition) is 2. The zero-order chi connectivity index (χ0) is 14.3. The second-order valence-electron chi connectivity index (χ2n) is 4.76. The van der Waals surface area contributed by atoms with Gasteiger partial charge >= 0.3 is 6.03 Å². The van der Waals surface area contributed by atoms with Crippen LogP contribution in [-0.2, 0) is 0 Å². The van der Waals surface area contributed by atoms with Crippen LogP contribution in [0.15, 0.2) is 36.9 Å². The molecule has 104 valence electrons. The summed E-state index contributed by atoms with van der Waals surface area (Å²) in [6, 6.07) is 7.19. The first-order valence-electron chi connectivity index (χ1n) is 6.44. The zero-order valence-corrected chi connectivity index (χ0v) is 11.8. The molecule has 0 aliphatic carbocycles. The standard InChI is InChI=1S/C15H22N2O2/c1-5-9-19-14-8-6-7-13(10-14)17-15(18)16-12(4)11(2)3/h5-8,10-12H,1,9H2,2-4H3,(H2,16,17,18). The Morgan fingerprint density at radius 3 is 2.79 bits per heavy atom. The molecule has 19 heavy (non-hydrogen) atoms. The lowest BCUT2D eigenvalue weighted by atomic mass is 10.1. The molecule has 1 atom stereocenters. The van der Waals surface area contributed by atoms with E-state index in [0.29, 0.717) is 24.0 Å². The average Bonchev–Trinajstić information content (AvgIpc) is 2.36. The topological polar surface area (TPSA) is 50.4 Å². The number of urea groups is 1. The van der Waals surface area contributed by atoms with Crippen molar-refractivity contribution in [2.75, 3.05) is 11.9 Å². The van der Waals surface area contributed by atoms with Crippen LogP contribution in [0.3, 0.4) is 0 Å². The zero-order valence-electron chi connectivity index (χ0n) is 11.8. The summed E-state index contributed by atoms with van der Waals surface area (Å²) in [5, 5.41) is 5.67. The number of rotatable bonds is 6. The van der Waals surface area contributed by atoms with E-state index in [1.54, 1.807) is 12.1 Å². The number of carbonyl (C=O) groups is 1. The van der Waals surface area contributed by atoms with Gasteiger partial charge in [0.05, 0.1) is 0 Å². The first-order valence-corrected chi connectivity index (χ1v) is 6.44. The molecule has 1 aromatic carbocycles. The van der Waals surface area contributed by atoms with Crippen LogP contribution in [0.1, 0.15) is 20.8 Å². The van der Waals surface area contributed by atoms with Crippen LogP contribution >= 0.6 is 0 Å². The van der Waals surface area contributed by atoms with E-state index in [2.05, 4.69) is 31.1 Å². The normalized spacial score (nSPS) is 11.8. The summed E-state index contributed by atoms with van der Waals surface area (Å²) in [6.07, 6.45) is 1.68. The first kappa shape index (κ1) is 15.1. The summed E-state index contributed by atoms with van der Waals surface area (Å²) in [7, 11) is 0. The second kappa shape index (κ2) is 7.46. The molecule has 0 heterocycles. The van der Waals surface area contributed by atoms with Gasteiger partial charge in [0.2, 0.25) is 0 Å². The smallest absolute Gasteiger partial charge is 0.319 e. The Morgan fingerprint density at radius 1 is 1.42 bits per heavy atom. The van der Waals surface area contributed by atoms with Crippen LogP contribution in [0.25, 0.3) is 0 Å². The van der Waals surface area contributed by atoms with Gasteiger partial charge in [0, 0.05) is 17.8 Å². The fourth-order valence-corrected chi connectivity index (χ4v) is 1.36. The minimum atomic E-state index is -0.206. The maximum absolute atomic E-state index is 11.8. The quantitative estimate of drug-likeness (QED) is 0.772. The highest BCUT2D eigenvalue weighted by atomic mass is 16.5. The molecule has 0 fully saturated rings. The van der Waals surface area contributed by atoms with Crippen molar-refractivity contribution >= 4 is 11.7 Å². The van der Waals surface area contributed by atoms with Gasteiger partial charge in [0.25, 0.3) is 0 Å². The molecule has 4 nitrogen and oxygen atoms in total. The van der Waals surface area contributed by atoms with Gasteiger partial charge in [-0.1, -0.05) is 32.6 Å². The Bertz CT molecular complexity index is 430. The van der Waals surface area contributed by atoms with Crippen LogP contribution in [-0.4, -0.2) is 18.7 Å². The van der Waals surface area contributed by atoms with Crippen LogP contribution in [0.4, 0.5) is 10.5 Å². The van der Waals surface area contributed by atoms with Gasteiger partial charge in [-0.15, -0.1) is 0 Å². The Morgan fingerprint density at radius 2 is 2.16 bits per heavy atom. The Balaban J connectivity index is 2.56. The molecule has 0 aliphatic heterocycles. The first-order chi connectivity index (χ1) is 9.02. The van der Waals surface area contributed by atoms with Gasteiger partial charge in [-0.3, -0.25) is 0 Å². The Labute approximate surface area is 114 Å². The van der Waals surface area contributed by atoms with Crippen molar-refractivity contribution in [2.45, 2.75) is 26.8 Å². The van der Waals surface area contributed by atoms with E-state index in [1.807, 2.05) is 25.1 Å². The van der Waals surface area contributed by atoms with Crippen LogP contribution < -0.4 is 15.4 Å². The second-order valence-corrected chi connectivity index (χ2v) is 4.76. The largest absolute Gasteiger partial charge is 0.489 e. The lowest BCUT2D eigenvalue weighted by Gasteiger charge is -2.18. The average molecular weight is 262 g/mol. The molecule has 0 bridgehead atoms. The molecule has 0 saturated carbocycles. The third kappa shape index (κ3) is 5.46. The third-order valence-corrected chi connectivity index (χ3v) is 2.82. The predicted molar refractivity (Wildman–Crippen MR) is 78.6 cm³/mol. The summed E-state index contributed by atoms with van der Waals surface area (Å²) in [4.78, 5) is 11.8. The van der Waals surface area contributed by atoms with Gasteiger partial charge in [0.1, 0.15) is 12.4 Å². The summed E-state index contributed by atoms with van der Waals surface area (Å²) in [6.45, 7) is 10.1. The molecule has 0 saturated heterocycles. The SMILES string of the molecule is C=CCOc1cccc(NC(=O)NC(C)C(C)C)c1. The Hall–Kier alpha value is -1.97. The predicted octanol–water partition coefficient (Wildman–Crippen LogP) is 3.42. The molecule has 0 aromatic heterocycles. The molecule has 1 rings (SSSR count). The lowest BCUT2D eigenvalue weighted by molar-refractivity contribution is 0.246. The highest BCUT2D eigenvalue weighted by molar-refractivity contribution is 5.89. The number of benzene rings is 1. The molecule has 2 amide bonds. The molecule has 1 unspecified atom stereocenters. The number of hydrogen-bond acceptors (Lipinski definition) is 2. The van der Waals surface area contributed by atoms with Crippen molar-refractivity contribution in [3.05, 3.63) is 36.9 Å². The van der Waals surface area contributed by atoms with E-state index in [0.717, 1.165) is 0 Å². The maximum Gasteiger partial charge on any atom is 0.319 e. The highest BCUT2D eigenvalue weighted by Crippen LogP contribution is 2.17. The lowest BCUT2D eigenvalue weighted by Crippen LogP contribution is -2.38. The van der Waals surface area contributed by atoms with E-state index in [-0.39, 0.29) is 12.1 Å². The maximum atomic E-state index is 11.8. The summed E-state index contributed by atoms with van der Waals surface area (Å²) in [5.74, 6) is 1.10. The van der Waals surface area contributed by atoms with E-state index in [4.69, 9.17) is 4.74 Å². The number of ether oxygens (including phenoxy) is 1. The summed E-state index contributed by atoms with van der Waals surface area (Å²) in [5.41, 5.74) is 0.704. The van der Waals surface area contributed by atoms with Crippen LogP contribution in [0, 0.1) is 5.92 Å². The number of amides is 2. The van der Waals surface area contributed by atoms with Crippen molar-refractivity contribution in [3.8, 4) is 5.75 Å². The van der Waals surface area contributed by atoms with Gasteiger partial charge in [0.15, 0.2) is 0 Å². The van der Waals surface area contributed by atoms with Crippen molar-refractivity contribution in [3.63, 3.8) is 0 Å². The monoisotopic (exact) mass is 262 g/mol. The molecule has 0 radical (unpaired) electrons. The Kier molecular flexibility index (Phi) is 5.93. The van der Waals surface area contributed by atoms with Gasteiger partial charge in [-0.25, -0.2) is 4.79 Å². The minimum Gasteiger partial charge on any atom is -0.489 e. The number of anilines is 1. The third-order valence-electron chi connectivity index (χ3n) is 2.82. The molecular formula is C15H22N2O2. The van der Waals surface area contributed by atoms with E-state index < -0.39 is 0 Å². The highest BCUT2D eigenvalue weighted by Gasteiger charge is 2.10. The molecule has 1 aromatic rings. The summed E-state index contributed by atoms with van der Waals surface area (Å²) < 4.78 is 5.41. The summed E-state index contributed by atoms with van der Waals surface area (Å²) >= 11 is 0. The van der Waals surface area contributed by atoms with Crippen molar-refractivity contribution in [1.29, 1.82) is 0 Å². The molecule has 2 N–H and O–H groups in total. The molecule has 0 aliphatic rings. The fourth-order valence-electron chi connectivity index (χ4n) is 1.36. The van der Waals surface area contributed by atoms with Crippen molar-refractivity contribution in [1.82, 2.24) is 5.32 Å². The van der Waals surface area contributed by atoms with Gasteiger partial charge in [-0.2, -0.15) is 0 Å². The van der Waals surface area contributed by atoms with E-state index in [9.17, 15) is 4.79 Å². The molecule has 4 heteroatoms. The molecular weight excluding hydrogens is 240 g/mol. The van der Waals surface area contributed by atoms with Gasteiger partial charge < -0.3 is 15.4 Å². The van der Waals surface area contributed by atoms with Crippen molar-refractivity contribution in [2.24, 2.45) is 5.92 Å². The van der Waals surface area contributed by atoms with E-state index >= 15 is 0 Å². The van der Waals surface area contributed by atoms with E-state index in [1.165, 1.54) is 0 Å². The molecule has 0 spiro atoms. The van der Waals surface area contributed by atoms with Crippen LogP contribution in [0.2, 0.25) is 0 Å². The fraction of sp³-hybridized carbons (Fsp3) is 0.400.